The number of carbonyl (C=O) groups excluding carboxylic acids is 2. The number of nitrogens with one attached hydrogen (secondary N) is 1. The number of rotatable bonds is 2. The lowest BCUT2D eigenvalue weighted by atomic mass is 9.89. The fourth-order valence-corrected chi connectivity index (χ4v) is 3.70. The van der Waals surface area contributed by atoms with Crippen LogP contribution in [0.25, 0.3) is 10.9 Å². The van der Waals surface area contributed by atoms with Gasteiger partial charge in [0.15, 0.2) is 0 Å². The fraction of sp³-hybridized carbons (Fsp3) is 0.227. The monoisotopic (exact) mass is 373 g/mol. The van der Waals surface area contributed by atoms with Crippen LogP contribution in [0.4, 0.5) is 4.79 Å². The molecule has 1 aliphatic rings. The molecule has 4 rings (SSSR count). The number of aromatic nitrogens is 1. The predicted octanol–water partition coefficient (Wildman–Crippen LogP) is 4.20. The van der Waals surface area contributed by atoms with Crippen LogP contribution in [0.1, 0.15) is 40.2 Å². The molecule has 2 aromatic carbocycles. The number of carbonyl (C=O) groups is 2. The lowest BCUT2D eigenvalue weighted by Gasteiger charge is -2.31. The molecule has 0 radical (unpaired) electrons. The van der Waals surface area contributed by atoms with Gasteiger partial charge >= 0.3 is 12.1 Å². The van der Waals surface area contributed by atoms with Gasteiger partial charge in [-0.05, 0) is 54.7 Å². The Morgan fingerprint density at radius 2 is 1.86 bits per heavy atom. The van der Waals surface area contributed by atoms with Gasteiger partial charge in [0.1, 0.15) is 0 Å². The highest BCUT2D eigenvalue weighted by Gasteiger charge is 2.27. The van der Waals surface area contributed by atoms with E-state index >= 15 is 0 Å². The standard InChI is InChI=1S/C22H19N3O3/c23-13-15-6-7-20-18(12-15)19(14-24-20)16-8-10-25(11-9-16)22(27)28-21(26)17-4-2-1-3-5-17/h1-7,12,14,16,24H,8-11H2. The SMILES string of the molecule is N#Cc1ccc2[nH]cc(C3CCN(C(=O)OC(=O)c4ccccc4)CC3)c2c1. The van der Waals surface area contributed by atoms with Crippen LogP contribution in [0.15, 0.2) is 54.7 Å². The molecule has 2 heterocycles. The second-order valence-corrected chi connectivity index (χ2v) is 6.90. The van der Waals surface area contributed by atoms with Crippen LogP contribution in [-0.4, -0.2) is 35.0 Å². The molecule has 0 aliphatic carbocycles. The van der Waals surface area contributed by atoms with E-state index in [0.717, 1.165) is 23.7 Å². The second-order valence-electron chi connectivity index (χ2n) is 6.90. The minimum Gasteiger partial charge on any atom is -0.372 e. The minimum absolute atomic E-state index is 0.288. The summed E-state index contributed by atoms with van der Waals surface area (Å²) in [6.45, 7) is 1.05. The second kappa shape index (κ2) is 7.57. The smallest absolute Gasteiger partial charge is 0.372 e. The van der Waals surface area contributed by atoms with E-state index in [2.05, 4.69) is 11.1 Å². The summed E-state index contributed by atoms with van der Waals surface area (Å²) in [6, 6.07) is 16.3. The zero-order chi connectivity index (χ0) is 19.5. The summed E-state index contributed by atoms with van der Waals surface area (Å²) in [5, 5.41) is 10.2. The molecule has 6 nitrogen and oxygen atoms in total. The van der Waals surface area contributed by atoms with Crippen molar-refractivity contribution >= 4 is 23.0 Å². The molecule has 1 saturated heterocycles. The number of aromatic amines is 1. The van der Waals surface area contributed by atoms with Crippen molar-refractivity contribution in [2.24, 2.45) is 0 Å². The third-order valence-electron chi connectivity index (χ3n) is 5.23. The van der Waals surface area contributed by atoms with E-state index in [1.54, 1.807) is 41.3 Å². The Hall–Kier alpha value is -3.59. The molecule has 1 N–H and O–H groups in total. The van der Waals surface area contributed by atoms with Gasteiger partial charge in [-0.25, -0.2) is 9.59 Å². The lowest BCUT2D eigenvalue weighted by Crippen LogP contribution is -2.39. The zero-order valence-corrected chi connectivity index (χ0v) is 15.2. The number of fused-ring (bicyclic) bond motifs is 1. The normalized spacial score (nSPS) is 14.6. The molecule has 28 heavy (non-hydrogen) atoms. The van der Waals surface area contributed by atoms with Crippen molar-refractivity contribution < 1.29 is 14.3 Å². The molecule has 140 valence electrons. The number of ether oxygens (including phenoxy) is 1. The van der Waals surface area contributed by atoms with Crippen molar-refractivity contribution in [3.63, 3.8) is 0 Å². The maximum atomic E-state index is 12.3. The lowest BCUT2D eigenvalue weighted by molar-refractivity contribution is 0.0522. The number of likely N-dealkylation sites (tertiary alicyclic amines) is 1. The van der Waals surface area contributed by atoms with Gasteiger partial charge in [-0.15, -0.1) is 0 Å². The first-order valence-corrected chi connectivity index (χ1v) is 9.23. The van der Waals surface area contributed by atoms with Gasteiger partial charge in [0.25, 0.3) is 0 Å². The molecule has 1 aromatic heterocycles. The first-order valence-electron chi connectivity index (χ1n) is 9.23. The molecule has 1 fully saturated rings. The number of nitriles is 1. The van der Waals surface area contributed by atoms with Crippen LogP contribution in [0.2, 0.25) is 0 Å². The number of hydrogen-bond donors (Lipinski definition) is 1. The van der Waals surface area contributed by atoms with Gasteiger partial charge in [-0.1, -0.05) is 18.2 Å². The topological polar surface area (TPSA) is 86.2 Å². The van der Waals surface area contributed by atoms with E-state index in [9.17, 15) is 9.59 Å². The van der Waals surface area contributed by atoms with E-state index in [0.29, 0.717) is 24.2 Å². The van der Waals surface area contributed by atoms with E-state index < -0.39 is 12.1 Å². The average molecular weight is 373 g/mol. The third kappa shape index (κ3) is 3.47. The van der Waals surface area contributed by atoms with E-state index in [1.807, 2.05) is 18.3 Å². The maximum Gasteiger partial charge on any atom is 0.417 e. The predicted molar refractivity (Wildman–Crippen MR) is 104 cm³/mol. The van der Waals surface area contributed by atoms with Gasteiger partial charge < -0.3 is 14.6 Å². The molecule has 0 spiro atoms. The molecule has 0 unspecified atom stereocenters. The molecular formula is C22H19N3O3. The summed E-state index contributed by atoms with van der Waals surface area (Å²) in [6.07, 6.45) is 2.94. The highest BCUT2D eigenvalue weighted by molar-refractivity contribution is 5.96. The molecule has 0 saturated carbocycles. The first-order chi connectivity index (χ1) is 13.7. The van der Waals surface area contributed by atoms with E-state index in [4.69, 9.17) is 10.00 Å². The van der Waals surface area contributed by atoms with Crippen LogP contribution in [0.5, 0.6) is 0 Å². The number of hydrogen-bond acceptors (Lipinski definition) is 4. The van der Waals surface area contributed by atoms with Crippen molar-refractivity contribution in [1.82, 2.24) is 9.88 Å². The zero-order valence-electron chi connectivity index (χ0n) is 15.2. The molecule has 1 aliphatic heterocycles. The van der Waals surface area contributed by atoms with Crippen LogP contribution < -0.4 is 0 Å². The quantitative estimate of drug-likeness (QED) is 0.539. The molecule has 6 heteroatoms. The first kappa shape index (κ1) is 17.8. The summed E-state index contributed by atoms with van der Waals surface area (Å²) in [4.78, 5) is 29.2. The largest absolute Gasteiger partial charge is 0.417 e. The Labute approximate surface area is 162 Å². The fourth-order valence-electron chi connectivity index (χ4n) is 3.70. The van der Waals surface area contributed by atoms with Crippen molar-refractivity contribution in [1.29, 1.82) is 5.26 Å². The number of esters is 1. The summed E-state index contributed by atoms with van der Waals surface area (Å²) in [5.41, 5.74) is 3.16. The number of H-pyrrole nitrogens is 1. The summed E-state index contributed by atoms with van der Waals surface area (Å²) in [5.74, 6) is -0.343. The molecular weight excluding hydrogens is 354 g/mol. The average Bonchev–Trinajstić information content (AvgIpc) is 3.17. The van der Waals surface area contributed by atoms with Gasteiger partial charge in [-0.2, -0.15) is 5.26 Å². The van der Waals surface area contributed by atoms with Crippen LogP contribution in [-0.2, 0) is 4.74 Å². The van der Waals surface area contributed by atoms with Crippen molar-refractivity contribution in [2.45, 2.75) is 18.8 Å². The minimum atomic E-state index is -0.631. The van der Waals surface area contributed by atoms with Crippen LogP contribution in [0.3, 0.4) is 0 Å². The van der Waals surface area contributed by atoms with Gasteiger partial charge in [0.05, 0.1) is 17.2 Å². The number of nitrogens with zero attached hydrogens (tertiary/aromatic N) is 2. The molecule has 0 bridgehead atoms. The van der Waals surface area contributed by atoms with Crippen LogP contribution in [0, 0.1) is 11.3 Å². The number of piperidine rings is 1. The Kier molecular flexibility index (Phi) is 4.81. The van der Waals surface area contributed by atoms with Gasteiger partial charge in [0.2, 0.25) is 0 Å². The number of amides is 1. The molecule has 1 amide bonds. The Morgan fingerprint density at radius 3 is 2.57 bits per heavy atom. The summed E-state index contributed by atoms with van der Waals surface area (Å²) in [7, 11) is 0. The van der Waals surface area contributed by atoms with E-state index in [-0.39, 0.29) is 5.92 Å². The summed E-state index contributed by atoms with van der Waals surface area (Å²) < 4.78 is 5.01. The third-order valence-corrected chi connectivity index (χ3v) is 5.23. The Bertz CT molecular complexity index is 1060. The van der Waals surface area contributed by atoms with Crippen molar-refractivity contribution in [2.75, 3.05) is 13.1 Å². The van der Waals surface area contributed by atoms with E-state index in [1.165, 1.54) is 5.56 Å². The van der Waals surface area contributed by atoms with Gasteiger partial charge in [0, 0.05) is 30.2 Å². The Morgan fingerprint density at radius 1 is 1.11 bits per heavy atom. The van der Waals surface area contributed by atoms with Gasteiger partial charge in [-0.3, -0.25) is 0 Å². The Balaban J connectivity index is 1.40. The highest BCUT2D eigenvalue weighted by Crippen LogP contribution is 2.33. The van der Waals surface area contributed by atoms with Crippen molar-refractivity contribution in [3.8, 4) is 6.07 Å². The maximum absolute atomic E-state index is 12.3. The van der Waals surface area contributed by atoms with Crippen LogP contribution >= 0.6 is 0 Å². The molecule has 0 atom stereocenters. The molecule has 3 aromatic rings. The van der Waals surface area contributed by atoms with Crippen molar-refractivity contribution in [3.05, 3.63) is 71.4 Å². The highest BCUT2D eigenvalue weighted by atomic mass is 16.6. The summed E-state index contributed by atoms with van der Waals surface area (Å²) >= 11 is 0. The number of benzene rings is 2.